The fourth-order valence-electron chi connectivity index (χ4n) is 4.19. The topological polar surface area (TPSA) is 206 Å². The molecular formula is C23H37N5O8S. The summed E-state index contributed by atoms with van der Waals surface area (Å²) in [6, 6.07) is -2.93. The van der Waals surface area contributed by atoms with E-state index in [2.05, 4.69) is 27.8 Å². The second kappa shape index (κ2) is 14.0. The minimum Gasteiger partial charge on any atom is -0.443 e. The van der Waals surface area contributed by atoms with Crippen LogP contribution in [0, 0.1) is 0 Å². The van der Waals surface area contributed by atoms with Crippen molar-refractivity contribution < 1.29 is 37.4 Å². The monoisotopic (exact) mass is 543 g/mol. The summed E-state index contributed by atoms with van der Waals surface area (Å²) in [5.41, 5.74) is 5.34. The third kappa shape index (κ3) is 10.4. The Morgan fingerprint density at radius 3 is 2.49 bits per heavy atom. The Morgan fingerprint density at radius 1 is 1.22 bits per heavy atom. The zero-order valence-electron chi connectivity index (χ0n) is 20.9. The predicted molar refractivity (Wildman–Crippen MR) is 135 cm³/mol. The number of aliphatic hydroxyl groups excluding tert-OH is 1. The zero-order chi connectivity index (χ0) is 27.6. The van der Waals surface area contributed by atoms with Crippen LogP contribution in [0.1, 0.15) is 44.9 Å². The SMILES string of the molecule is C=CCNC(=O)OC1CC(C(=O)NC(CCS(C)(=O)=O)C(N)=O)=CC(NC(=O)NC2CCCCC2)C1O. The summed E-state index contributed by atoms with van der Waals surface area (Å²) < 4.78 is 28.2. The smallest absolute Gasteiger partial charge is 0.407 e. The number of nitrogens with one attached hydrogen (secondary N) is 4. The van der Waals surface area contributed by atoms with E-state index >= 15 is 0 Å². The number of carbonyl (C=O) groups excluding carboxylic acids is 4. The molecule has 0 aliphatic heterocycles. The van der Waals surface area contributed by atoms with E-state index in [1.165, 1.54) is 12.2 Å². The maximum Gasteiger partial charge on any atom is 0.407 e. The van der Waals surface area contributed by atoms with Gasteiger partial charge in [-0.25, -0.2) is 18.0 Å². The average molecular weight is 544 g/mol. The number of urea groups is 1. The molecule has 4 atom stereocenters. The van der Waals surface area contributed by atoms with Crippen LogP contribution in [0.4, 0.5) is 9.59 Å². The third-order valence-electron chi connectivity index (χ3n) is 6.16. The van der Waals surface area contributed by atoms with Crippen molar-refractivity contribution in [3.63, 3.8) is 0 Å². The highest BCUT2D eigenvalue weighted by atomic mass is 32.2. The van der Waals surface area contributed by atoms with Crippen molar-refractivity contribution in [3.05, 3.63) is 24.3 Å². The van der Waals surface area contributed by atoms with Gasteiger partial charge in [-0.2, -0.15) is 0 Å². The Labute approximate surface area is 216 Å². The maximum absolute atomic E-state index is 13.0. The van der Waals surface area contributed by atoms with Gasteiger partial charge >= 0.3 is 12.1 Å². The van der Waals surface area contributed by atoms with Gasteiger partial charge in [-0.1, -0.05) is 31.4 Å². The molecule has 2 aliphatic rings. The van der Waals surface area contributed by atoms with Crippen molar-refractivity contribution in [2.45, 2.75) is 75.3 Å². The summed E-state index contributed by atoms with van der Waals surface area (Å²) in [5, 5.41) is 21.1. The minimum absolute atomic E-state index is 0.0101. The second-order valence-corrected chi connectivity index (χ2v) is 11.6. The van der Waals surface area contributed by atoms with Crippen LogP contribution < -0.4 is 27.0 Å². The van der Waals surface area contributed by atoms with Crippen molar-refractivity contribution in [3.8, 4) is 0 Å². The Bertz CT molecular complexity index is 993. The molecule has 0 saturated heterocycles. The number of amides is 5. The van der Waals surface area contributed by atoms with E-state index < -0.39 is 58.1 Å². The molecular weight excluding hydrogens is 506 g/mol. The molecule has 1 saturated carbocycles. The third-order valence-corrected chi connectivity index (χ3v) is 7.13. The number of sulfone groups is 1. The number of ether oxygens (including phenoxy) is 1. The van der Waals surface area contributed by atoms with Crippen LogP contribution in [0.3, 0.4) is 0 Å². The van der Waals surface area contributed by atoms with Gasteiger partial charge in [0.25, 0.3) is 0 Å². The molecule has 0 radical (unpaired) electrons. The molecule has 13 nitrogen and oxygen atoms in total. The number of carbonyl (C=O) groups is 4. The van der Waals surface area contributed by atoms with Crippen LogP contribution in [0.2, 0.25) is 0 Å². The molecule has 7 N–H and O–H groups in total. The van der Waals surface area contributed by atoms with E-state index in [-0.39, 0.29) is 36.8 Å². The molecule has 0 heterocycles. The molecule has 2 rings (SSSR count). The summed E-state index contributed by atoms with van der Waals surface area (Å²) in [7, 11) is -3.42. The Kier molecular flexibility index (Phi) is 11.4. The van der Waals surface area contributed by atoms with Gasteiger partial charge in [-0.15, -0.1) is 6.58 Å². The van der Waals surface area contributed by atoms with E-state index in [1.807, 2.05) is 0 Å². The largest absolute Gasteiger partial charge is 0.443 e. The van der Waals surface area contributed by atoms with Crippen LogP contribution in [-0.4, -0.2) is 86.3 Å². The molecule has 0 aromatic heterocycles. The highest BCUT2D eigenvalue weighted by Crippen LogP contribution is 2.23. The zero-order valence-corrected chi connectivity index (χ0v) is 21.7. The first-order chi connectivity index (χ1) is 17.4. The summed E-state index contributed by atoms with van der Waals surface area (Å²) in [4.78, 5) is 49.5. The molecule has 0 bridgehead atoms. The molecule has 14 heteroatoms. The summed E-state index contributed by atoms with van der Waals surface area (Å²) in [5.74, 6) is -2.07. The van der Waals surface area contributed by atoms with Crippen molar-refractivity contribution in [1.29, 1.82) is 0 Å². The van der Waals surface area contributed by atoms with Gasteiger partial charge in [0.2, 0.25) is 11.8 Å². The molecule has 1 fully saturated rings. The van der Waals surface area contributed by atoms with Crippen molar-refractivity contribution in [2.75, 3.05) is 18.6 Å². The number of primary amides is 1. The summed E-state index contributed by atoms with van der Waals surface area (Å²) in [6.07, 6.45) is 4.60. The number of aliphatic hydroxyl groups is 1. The van der Waals surface area contributed by atoms with Crippen LogP contribution >= 0.6 is 0 Å². The lowest BCUT2D eigenvalue weighted by atomic mass is 9.89. The number of hydrogen-bond acceptors (Lipinski definition) is 8. The summed E-state index contributed by atoms with van der Waals surface area (Å²) >= 11 is 0. The van der Waals surface area contributed by atoms with Gasteiger partial charge in [0.05, 0.1) is 11.8 Å². The highest BCUT2D eigenvalue weighted by molar-refractivity contribution is 7.90. The van der Waals surface area contributed by atoms with Crippen LogP contribution in [0.15, 0.2) is 24.3 Å². The number of nitrogens with two attached hydrogens (primary N) is 1. The Hall–Kier alpha value is -3.13. The lowest BCUT2D eigenvalue weighted by Crippen LogP contribution is -2.56. The van der Waals surface area contributed by atoms with Gasteiger partial charge < -0.3 is 36.8 Å². The second-order valence-electron chi connectivity index (χ2n) is 9.33. The van der Waals surface area contributed by atoms with E-state index in [0.29, 0.717) is 0 Å². The minimum atomic E-state index is -3.42. The van der Waals surface area contributed by atoms with Crippen LogP contribution in [0.5, 0.6) is 0 Å². The molecule has 5 amide bonds. The Morgan fingerprint density at radius 2 is 1.89 bits per heavy atom. The van der Waals surface area contributed by atoms with Gasteiger partial charge in [-0.05, 0) is 19.3 Å². The van der Waals surface area contributed by atoms with E-state index in [0.717, 1.165) is 38.4 Å². The number of rotatable bonds is 11. The summed E-state index contributed by atoms with van der Waals surface area (Å²) in [6.45, 7) is 3.59. The first kappa shape index (κ1) is 30.1. The highest BCUT2D eigenvalue weighted by Gasteiger charge is 2.38. The Balaban J connectivity index is 2.18. The van der Waals surface area contributed by atoms with Crippen molar-refractivity contribution in [2.24, 2.45) is 5.73 Å². The van der Waals surface area contributed by atoms with Gasteiger partial charge in [-0.3, -0.25) is 9.59 Å². The molecule has 37 heavy (non-hydrogen) atoms. The molecule has 4 unspecified atom stereocenters. The molecule has 0 aromatic carbocycles. The van der Waals surface area contributed by atoms with Gasteiger partial charge in [0, 0.05) is 30.8 Å². The molecule has 0 spiro atoms. The fourth-order valence-corrected chi connectivity index (χ4v) is 4.85. The van der Waals surface area contributed by atoms with Crippen molar-refractivity contribution >= 4 is 33.8 Å². The fraction of sp³-hybridized carbons (Fsp3) is 0.652. The standard InChI is InChI=1S/C23H37N5O8S/c1-3-10-25-23(33)36-18-13-14(21(31)27-16(20(24)30)9-11-37(2,34)35)12-17(19(18)29)28-22(32)26-15-7-5-4-6-8-15/h3,12,15-19,29H,1,4-11,13H2,2H3,(H2,24,30)(H,25,33)(H,27,31)(H2,26,28,32). The first-order valence-corrected chi connectivity index (χ1v) is 14.2. The van der Waals surface area contributed by atoms with E-state index in [4.69, 9.17) is 10.5 Å². The van der Waals surface area contributed by atoms with E-state index in [9.17, 15) is 32.7 Å². The number of hydrogen-bond donors (Lipinski definition) is 6. The normalized spacial score (nSPS) is 23.1. The van der Waals surface area contributed by atoms with Crippen molar-refractivity contribution in [1.82, 2.24) is 21.3 Å². The lowest BCUT2D eigenvalue weighted by Gasteiger charge is -2.34. The van der Waals surface area contributed by atoms with Gasteiger partial charge in [0.15, 0.2) is 0 Å². The van der Waals surface area contributed by atoms with Crippen LogP contribution in [0.25, 0.3) is 0 Å². The maximum atomic E-state index is 13.0. The molecule has 2 aliphatic carbocycles. The molecule has 208 valence electrons. The number of alkyl carbamates (subject to hydrolysis) is 1. The first-order valence-electron chi connectivity index (χ1n) is 12.2. The average Bonchev–Trinajstić information content (AvgIpc) is 2.82. The van der Waals surface area contributed by atoms with E-state index in [1.54, 1.807) is 0 Å². The quantitative estimate of drug-likeness (QED) is 0.184. The predicted octanol–water partition coefficient (Wildman–Crippen LogP) is -0.636. The van der Waals surface area contributed by atoms with Gasteiger partial charge in [0.1, 0.15) is 28.1 Å². The molecule has 0 aromatic rings. The lowest BCUT2D eigenvalue weighted by molar-refractivity contribution is -0.125. The van der Waals surface area contributed by atoms with Crippen LogP contribution in [-0.2, 0) is 24.2 Å².